The van der Waals surface area contributed by atoms with Gasteiger partial charge in [-0.3, -0.25) is 0 Å². The van der Waals surface area contributed by atoms with Crippen molar-refractivity contribution in [1.29, 1.82) is 0 Å². The molecule has 2 aromatic carbocycles. The molecule has 0 saturated heterocycles. The number of benzene rings is 2. The number of hydrogen-bond acceptors (Lipinski definition) is 1. The molecule has 0 spiro atoms. The molecular weight excluding hydrogens is 218 g/mol. The number of nitrogens with two attached hydrogens (primary N) is 1. The fraction of sp³-hybridized carbons (Fsp3) is 0.143. The summed E-state index contributed by atoms with van der Waals surface area (Å²) in [5.41, 5.74) is 11.2. The first-order valence-electron chi connectivity index (χ1n) is 5.20. The molecule has 0 fully saturated rings. The van der Waals surface area contributed by atoms with Crippen molar-refractivity contribution in [3.63, 3.8) is 0 Å². The maximum atomic E-state index is 6.00. The highest BCUT2D eigenvalue weighted by Gasteiger charge is 2.02. The second-order valence-electron chi connectivity index (χ2n) is 4.04. The first-order valence-corrected chi connectivity index (χ1v) is 5.58. The van der Waals surface area contributed by atoms with Crippen molar-refractivity contribution < 1.29 is 0 Å². The molecule has 0 heterocycles. The summed E-state index contributed by atoms with van der Waals surface area (Å²) in [6.07, 6.45) is 0. The molecule has 2 N–H and O–H groups in total. The molecule has 2 heteroatoms. The summed E-state index contributed by atoms with van der Waals surface area (Å²) in [6.45, 7) is 4.01. The predicted octanol–water partition coefficient (Wildman–Crippen LogP) is 4.21. The SMILES string of the molecule is Cc1ccc(-c2ccc(Cl)c(C)c2)cc1N. The quantitative estimate of drug-likeness (QED) is 0.732. The van der Waals surface area contributed by atoms with E-state index in [9.17, 15) is 0 Å². The fourth-order valence-electron chi connectivity index (χ4n) is 1.64. The van der Waals surface area contributed by atoms with Crippen LogP contribution in [0, 0.1) is 13.8 Å². The van der Waals surface area contributed by atoms with Gasteiger partial charge >= 0.3 is 0 Å². The van der Waals surface area contributed by atoms with Crippen molar-refractivity contribution in [2.75, 3.05) is 5.73 Å². The lowest BCUT2D eigenvalue weighted by atomic mass is 10.0. The number of rotatable bonds is 1. The molecular formula is C14H14ClN. The van der Waals surface area contributed by atoms with Crippen molar-refractivity contribution >= 4 is 17.3 Å². The van der Waals surface area contributed by atoms with Gasteiger partial charge in [-0.15, -0.1) is 0 Å². The summed E-state index contributed by atoms with van der Waals surface area (Å²) in [5.74, 6) is 0. The van der Waals surface area contributed by atoms with Crippen molar-refractivity contribution in [1.82, 2.24) is 0 Å². The zero-order valence-electron chi connectivity index (χ0n) is 9.42. The molecule has 0 atom stereocenters. The van der Waals surface area contributed by atoms with Crippen molar-refractivity contribution in [2.24, 2.45) is 0 Å². The van der Waals surface area contributed by atoms with Crippen molar-refractivity contribution in [3.8, 4) is 11.1 Å². The highest BCUT2D eigenvalue weighted by atomic mass is 35.5. The molecule has 16 heavy (non-hydrogen) atoms. The van der Waals surface area contributed by atoms with Gasteiger partial charge in [-0.05, 0) is 54.3 Å². The lowest BCUT2D eigenvalue weighted by Crippen LogP contribution is -1.90. The van der Waals surface area contributed by atoms with E-state index in [4.69, 9.17) is 17.3 Å². The minimum absolute atomic E-state index is 0.795. The summed E-state index contributed by atoms with van der Waals surface area (Å²) in [7, 11) is 0. The van der Waals surface area contributed by atoms with Gasteiger partial charge in [0.1, 0.15) is 0 Å². The van der Waals surface area contributed by atoms with E-state index in [-0.39, 0.29) is 0 Å². The van der Waals surface area contributed by atoms with E-state index < -0.39 is 0 Å². The monoisotopic (exact) mass is 231 g/mol. The van der Waals surface area contributed by atoms with Crippen LogP contribution >= 0.6 is 11.6 Å². The van der Waals surface area contributed by atoms with Crippen LogP contribution in [0.25, 0.3) is 11.1 Å². The standard InChI is InChI=1S/C14H14ClN/c1-9-3-4-12(8-14(9)16)11-5-6-13(15)10(2)7-11/h3-8H,16H2,1-2H3. The molecule has 2 aromatic rings. The van der Waals surface area contributed by atoms with Crippen molar-refractivity contribution in [2.45, 2.75) is 13.8 Å². The summed E-state index contributed by atoms with van der Waals surface area (Å²) in [4.78, 5) is 0. The first kappa shape index (κ1) is 11.0. The topological polar surface area (TPSA) is 26.0 Å². The number of hydrogen-bond donors (Lipinski definition) is 1. The third-order valence-electron chi connectivity index (χ3n) is 2.77. The number of nitrogen functional groups attached to an aromatic ring is 1. The zero-order valence-corrected chi connectivity index (χ0v) is 10.2. The Labute approximate surface area is 101 Å². The fourth-order valence-corrected chi connectivity index (χ4v) is 1.76. The summed E-state index contributed by atoms with van der Waals surface area (Å²) < 4.78 is 0. The molecule has 0 aliphatic rings. The van der Waals surface area contributed by atoms with E-state index in [0.29, 0.717) is 0 Å². The molecule has 82 valence electrons. The molecule has 0 aromatic heterocycles. The van der Waals surface area contributed by atoms with Crippen LogP contribution < -0.4 is 5.73 Å². The van der Waals surface area contributed by atoms with Gasteiger partial charge in [-0.1, -0.05) is 29.8 Å². The van der Waals surface area contributed by atoms with E-state index in [1.54, 1.807) is 0 Å². The third kappa shape index (κ3) is 2.05. The van der Waals surface area contributed by atoms with Gasteiger partial charge in [0.2, 0.25) is 0 Å². The maximum absolute atomic E-state index is 6.00. The van der Waals surface area contributed by atoms with Gasteiger partial charge in [0.15, 0.2) is 0 Å². The molecule has 0 aliphatic heterocycles. The summed E-state index contributed by atoms with van der Waals surface area (Å²) >= 11 is 6.00. The van der Waals surface area contributed by atoms with Crippen LogP contribution in [0.4, 0.5) is 5.69 Å². The Morgan fingerprint density at radius 2 is 1.50 bits per heavy atom. The maximum Gasteiger partial charge on any atom is 0.0435 e. The van der Waals surface area contributed by atoms with E-state index in [1.165, 1.54) is 0 Å². The zero-order chi connectivity index (χ0) is 11.7. The number of halogens is 1. The Hall–Kier alpha value is -1.47. The van der Waals surface area contributed by atoms with Crippen LogP contribution in [0.3, 0.4) is 0 Å². The molecule has 0 amide bonds. The van der Waals surface area contributed by atoms with Gasteiger partial charge in [-0.2, -0.15) is 0 Å². The normalized spacial score (nSPS) is 10.4. The van der Waals surface area contributed by atoms with Crippen LogP contribution in [0.1, 0.15) is 11.1 Å². The Morgan fingerprint density at radius 3 is 2.12 bits per heavy atom. The van der Waals surface area contributed by atoms with E-state index in [1.807, 2.05) is 38.1 Å². The lowest BCUT2D eigenvalue weighted by molar-refractivity contribution is 1.44. The van der Waals surface area contributed by atoms with E-state index >= 15 is 0 Å². The average molecular weight is 232 g/mol. The highest BCUT2D eigenvalue weighted by molar-refractivity contribution is 6.31. The molecule has 0 unspecified atom stereocenters. The van der Waals surface area contributed by atoms with Gasteiger partial charge < -0.3 is 5.73 Å². The first-order chi connectivity index (χ1) is 7.58. The predicted molar refractivity (Wildman–Crippen MR) is 70.8 cm³/mol. The Balaban J connectivity index is 2.50. The van der Waals surface area contributed by atoms with Crippen LogP contribution in [0.2, 0.25) is 5.02 Å². The summed E-state index contributed by atoms with van der Waals surface area (Å²) in [5, 5.41) is 0.795. The summed E-state index contributed by atoms with van der Waals surface area (Å²) in [6, 6.07) is 12.1. The smallest absolute Gasteiger partial charge is 0.0435 e. The second kappa shape index (κ2) is 4.18. The van der Waals surface area contributed by atoms with Gasteiger partial charge in [-0.25, -0.2) is 0 Å². The average Bonchev–Trinajstić information content (AvgIpc) is 2.26. The molecule has 0 bridgehead atoms. The highest BCUT2D eigenvalue weighted by Crippen LogP contribution is 2.27. The van der Waals surface area contributed by atoms with Crippen LogP contribution in [-0.2, 0) is 0 Å². The Kier molecular flexibility index (Phi) is 2.88. The minimum atomic E-state index is 0.795. The Bertz CT molecular complexity index is 483. The number of anilines is 1. The van der Waals surface area contributed by atoms with Crippen LogP contribution in [0.15, 0.2) is 36.4 Å². The minimum Gasteiger partial charge on any atom is -0.398 e. The van der Waals surface area contributed by atoms with Crippen LogP contribution in [0.5, 0.6) is 0 Å². The van der Waals surface area contributed by atoms with Gasteiger partial charge in [0.25, 0.3) is 0 Å². The molecule has 0 radical (unpaired) electrons. The lowest BCUT2D eigenvalue weighted by Gasteiger charge is -2.07. The molecule has 1 nitrogen and oxygen atoms in total. The second-order valence-corrected chi connectivity index (χ2v) is 4.44. The van der Waals surface area contributed by atoms with E-state index in [2.05, 4.69) is 12.1 Å². The molecule has 0 aliphatic carbocycles. The third-order valence-corrected chi connectivity index (χ3v) is 3.19. The Morgan fingerprint density at radius 1 is 0.875 bits per heavy atom. The van der Waals surface area contributed by atoms with Crippen LogP contribution in [-0.4, -0.2) is 0 Å². The van der Waals surface area contributed by atoms with E-state index in [0.717, 1.165) is 33.0 Å². The van der Waals surface area contributed by atoms with Crippen molar-refractivity contribution in [3.05, 3.63) is 52.5 Å². The molecule has 2 rings (SSSR count). The van der Waals surface area contributed by atoms with Gasteiger partial charge in [0.05, 0.1) is 0 Å². The number of aryl methyl sites for hydroxylation is 2. The van der Waals surface area contributed by atoms with Gasteiger partial charge in [0, 0.05) is 10.7 Å². The largest absolute Gasteiger partial charge is 0.398 e. The molecule has 0 saturated carbocycles.